The Hall–Kier alpha value is -1.95. The van der Waals surface area contributed by atoms with Gasteiger partial charge < -0.3 is 16.0 Å². The van der Waals surface area contributed by atoms with Crippen molar-refractivity contribution in [2.45, 2.75) is 19.4 Å². The third kappa shape index (κ3) is 3.14. The predicted molar refractivity (Wildman–Crippen MR) is 74.8 cm³/mol. The molecule has 1 aliphatic heterocycles. The van der Waals surface area contributed by atoms with E-state index in [0.29, 0.717) is 43.7 Å². The zero-order chi connectivity index (χ0) is 14.5. The van der Waals surface area contributed by atoms with Gasteiger partial charge in [0, 0.05) is 44.4 Å². The first kappa shape index (κ1) is 14.5. The number of amides is 2. The number of pyridine rings is 1. The zero-order valence-corrected chi connectivity index (χ0v) is 11.6. The van der Waals surface area contributed by atoms with Crippen molar-refractivity contribution < 1.29 is 9.59 Å². The van der Waals surface area contributed by atoms with Crippen molar-refractivity contribution >= 4 is 11.8 Å². The van der Waals surface area contributed by atoms with Crippen molar-refractivity contribution in [1.29, 1.82) is 0 Å². The summed E-state index contributed by atoms with van der Waals surface area (Å²) in [5.41, 5.74) is 6.85. The number of piperidine rings is 1. The van der Waals surface area contributed by atoms with Crippen LogP contribution in [0, 0.1) is 5.92 Å². The summed E-state index contributed by atoms with van der Waals surface area (Å²) < 4.78 is 0. The summed E-state index contributed by atoms with van der Waals surface area (Å²) in [5, 5.41) is 2.66. The number of nitrogens with two attached hydrogens (primary N) is 1. The maximum absolute atomic E-state index is 12.4. The van der Waals surface area contributed by atoms with Crippen LogP contribution in [-0.4, -0.2) is 41.8 Å². The van der Waals surface area contributed by atoms with Crippen LogP contribution in [0.2, 0.25) is 0 Å². The van der Waals surface area contributed by atoms with Crippen molar-refractivity contribution in [1.82, 2.24) is 15.2 Å². The van der Waals surface area contributed by atoms with Crippen LogP contribution < -0.4 is 11.1 Å². The highest BCUT2D eigenvalue weighted by Crippen LogP contribution is 2.19. The molecular formula is C14H20N4O2. The topological polar surface area (TPSA) is 88.3 Å². The lowest BCUT2D eigenvalue weighted by Crippen LogP contribution is -2.42. The van der Waals surface area contributed by atoms with Gasteiger partial charge in [0.15, 0.2) is 0 Å². The maximum Gasteiger partial charge on any atom is 0.253 e. The molecule has 1 aliphatic rings. The lowest BCUT2D eigenvalue weighted by molar-refractivity contribution is -0.125. The molecule has 1 aromatic heterocycles. The van der Waals surface area contributed by atoms with Gasteiger partial charge in [-0.3, -0.25) is 14.6 Å². The molecule has 0 saturated carbocycles. The van der Waals surface area contributed by atoms with E-state index in [9.17, 15) is 9.59 Å². The van der Waals surface area contributed by atoms with Crippen LogP contribution in [-0.2, 0) is 11.3 Å². The number of likely N-dealkylation sites (tertiary alicyclic amines) is 1. The van der Waals surface area contributed by atoms with Crippen LogP contribution in [0.5, 0.6) is 0 Å². The summed E-state index contributed by atoms with van der Waals surface area (Å²) >= 11 is 0. The lowest BCUT2D eigenvalue weighted by atomic mass is 9.95. The molecule has 0 bridgehead atoms. The predicted octanol–water partition coefficient (Wildman–Crippen LogP) is 0.139. The third-order valence-corrected chi connectivity index (χ3v) is 3.67. The van der Waals surface area contributed by atoms with Crippen molar-refractivity contribution in [3.8, 4) is 0 Å². The second-order valence-electron chi connectivity index (χ2n) is 4.92. The second-order valence-corrected chi connectivity index (χ2v) is 4.92. The molecule has 108 valence electrons. The SMILES string of the molecule is CNC(=O)C1CCN(C(=O)c2ccnc(CN)c2)CC1. The minimum atomic E-state index is -0.0162. The summed E-state index contributed by atoms with van der Waals surface area (Å²) in [4.78, 5) is 29.8. The molecule has 0 radical (unpaired) electrons. The molecule has 0 atom stereocenters. The van der Waals surface area contributed by atoms with Gasteiger partial charge in [0.1, 0.15) is 0 Å². The van der Waals surface area contributed by atoms with Crippen LogP contribution in [0.15, 0.2) is 18.3 Å². The fourth-order valence-corrected chi connectivity index (χ4v) is 2.45. The highest BCUT2D eigenvalue weighted by atomic mass is 16.2. The van der Waals surface area contributed by atoms with Crippen molar-refractivity contribution in [2.75, 3.05) is 20.1 Å². The van der Waals surface area contributed by atoms with Crippen LogP contribution in [0.1, 0.15) is 28.9 Å². The normalized spacial score (nSPS) is 16.0. The highest BCUT2D eigenvalue weighted by molar-refractivity contribution is 5.94. The molecule has 2 heterocycles. The molecule has 20 heavy (non-hydrogen) atoms. The van der Waals surface area contributed by atoms with Gasteiger partial charge in [-0.15, -0.1) is 0 Å². The fraction of sp³-hybridized carbons (Fsp3) is 0.500. The lowest BCUT2D eigenvalue weighted by Gasteiger charge is -2.31. The third-order valence-electron chi connectivity index (χ3n) is 3.67. The van der Waals surface area contributed by atoms with Gasteiger partial charge in [0.05, 0.1) is 5.69 Å². The van der Waals surface area contributed by atoms with Crippen molar-refractivity contribution in [3.05, 3.63) is 29.6 Å². The van der Waals surface area contributed by atoms with E-state index in [1.807, 2.05) is 0 Å². The Morgan fingerprint density at radius 3 is 2.75 bits per heavy atom. The first-order valence-electron chi connectivity index (χ1n) is 6.81. The summed E-state index contributed by atoms with van der Waals surface area (Å²) in [5.74, 6) is 0.0602. The number of nitrogens with one attached hydrogen (secondary N) is 1. The quantitative estimate of drug-likeness (QED) is 0.822. The molecule has 1 aromatic rings. The summed E-state index contributed by atoms with van der Waals surface area (Å²) in [6, 6.07) is 3.43. The number of hydrogen-bond acceptors (Lipinski definition) is 4. The molecule has 0 aromatic carbocycles. The first-order valence-corrected chi connectivity index (χ1v) is 6.81. The Morgan fingerprint density at radius 1 is 1.45 bits per heavy atom. The molecule has 2 amide bonds. The van der Waals surface area contributed by atoms with Crippen molar-refractivity contribution in [2.24, 2.45) is 11.7 Å². The average molecular weight is 276 g/mol. The number of rotatable bonds is 3. The zero-order valence-electron chi connectivity index (χ0n) is 11.6. The summed E-state index contributed by atoms with van der Waals surface area (Å²) in [7, 11) is 1.64. The molecule has 3 N–H and O–H groups in total. The molecule has 1 fully saturated rings. The Morgan fingerprint density at radius 2 is 2.15 bits per heavy atom. The molecule has 0 spiro atoms. The molecule has 6 heteroatoms. The minimum absolute atomic E-state index is 0.0149. The number of nitrogens with zero attached hydrogens (tertiary/aromatic N) is 2. The van der Waals surface area contributed by atoms with Crippen LogP contribution in [0.3, 0.4) is 0 Å². The van der Waals surface area contributed by atoms with Crippen LogP contribution >= 0.6 is 0 Å². The van der Waals surface area contributed by atoms with E-state index in [0.717, 1.165) is 0 Å². The van der Waals surface area contributed by atoms with E-state index >= 15 is 0 Å². The Kier molecular flexibility index (Phi) is 4.68. The van der Waals surface area contributed by atoms with Gasteiger partial charge >= 0.3 is 0 Å². The maximum atomic E-state index is 12.4. The van der Waals surface area contributed by atoms with E-state index in [1.54, 1.807) is 30.3 Å². The van der Waals surface area contributed by atoms with Gasteiger partial charge in [-0.1, -0.05) is 0 Å². The largest absolute Gasteiger partial charge is 0.359 e. The van der Waals surface area contributed by atoms with Gasteiger partial charge in [-0.05, 0) is 25.0 Å². The smallest absolute Gasteiger partial charge is 0.253 e. The van der Waals surface area contributed by atoms with E-state index in [4.69, 9.17) is 5.73 Å². The van der Waals surface area contributed by atoms with E-state index in [2.05, 4.69) is 10.3 Å². The van der Waals surface area contributed by atoms with Crippen LogP contribution in [0.25, 0.3) is 0 Å². The fourth-order valence-electron chi connectivity index (χ4n) is 2.45. The van der Waals surface area contributed by atoms with Gasteiger partial charge in [-0.2, -0.15) is 0 Å². The highest BCUT2D eigenvalue weighted by Gasteiger charge is 2.27. The minimum Gasteiger partial charge on any atom is -0.359 e. The second kappa shape index (κ2) is 6.47. The molecule has 1 saturated heterocycles. The number of carbonyl (C=O) groups is 2. The Balaban J connectivity index is 1.99. The van der Waals surface area contributed by atoms with Crippen molar-refractivity contribution in [3.63, 3.8) is 0 Å². The van der Waals surface area contributed by atoms with Crippen LogP contribution in [0.4, 0.5) is 0 Å². The van der Waals surface area contributed by atoms with Gasteiger partial charge in [0.25, 0.3) is 5.91 Å². The first-order chi connectivity index (χ1) is 9.65. The van der Waals surface area contributed by atoms with E-state index in [1.165, 1.54) is 0 Å². The monoisotopic (exact) mass is 276 g/mol. The Bertz CT molecular complexity index is 496. The summed E-state index contributed by atoms with van der Waals surface area (Å²) in [6.07, 6.45) is 3.02. The Labute approximate surface area is 118 Å². The van der Waals surface area contributed by atoms with E-state index < -0.39 is 0 Å². The van der Waals surface area contributed by atoms with Gasteiger partial charge in [-0.25, -0.2) is 0 Å². The molecule has 6 nitrogen and oxygen atoms in total. The molecule has 0 unspecified atom stereocenters. The van der Waals surface area contributed by atoms with Gasteiger partial charge in [0.2, 0.25) is 5.91 Å². The summed E-state index contributed by atoms with van der Waals surface area (Å²) in [6.45, 7) is 1.54. The van der Waals surface area contributed by atoms with E-state index in [-0.39, 0.29) is 17.7 Å². The molecular weight excluding hydrogens is 256 g/mol. The molecule has 2 rings (SSSR count). The number of hydrogen-bond donors (Lipinski definition) is 2. The molecule has 0 aliphatic carbocycles. The average Bonchev–Trinajstić information content (AvgIpc) is 2.53. The number of carbonyl (C=O) groups excluding carboxylic acids is 2. The standard InChI is InChI=1S/C14H20N4O2/c1-16-13(19)10-3-6-18(7-4-10)14(20)11-2-5-17-12(8-11)9-15/h2,5,8,10H,3-4,6-7,9,15H2,1H3,(H,16,19). The number of aromatic nitrogens is 1.